The molecule has 0 aliphatic heterocycles. The second-order valence-corrected chi connectivity index (χ2v) is 5.13. The monoisotopic (exact) mass is 213 g/mol. The number of rotatable bonds is 2. The molecule has 4 nitrogen and oxygen atoms in total. The lowest BCUT2D eigenvalue weighted by atomic mass is 9.93. The first-order valence-electron chi connectivity index (χ1n) is 4.87. The third kappa shape index (κ3) is 2.15. The van der Waals surface area contributed by atoms with Crippen LogP contribution in [0.4, 0.5) is 0 Å². The smallest absolute Gasteiger partial charge is 0.243 e. The van der Waals surface area contributed by atoms with Crippen molar-refractivity contribution in [3.63, 3.8) is 0 Å². The van der Waals surface area contributed by atoms with Crippen molar-refractivity contribution in [3.8, 4) is 5.88 Å². The van der Waals surface area contributed by atoms with Crippen molar-refractivity contribution in [1.29, 1.82) is 0 Å². The summed E-state index contributed by atoms with van der Waals surface area (Å²) in [5.74, 6) is 0.692. The van der Waals surface area contributed by atoms with E-state index in [1.165, 1.54) is 0 Å². The molecule has 80 valence electrons. The highest BCUT2D eigenvalue weighted by molar-refractivity contribution is 5.99. The molecule has 0 unspecified atom stereocenters. The molecule has 0 N–H and O–H groups in total. The number of nitrogens with zero attached hydrogens (tertiary/aromatic N) is 3. The fraction of sp³-hybridized carbons (Fsp3) is 0.778. The largest absolute Gasteiger partial charge is 0.538 e. The Morgan fingerprint density at radius 1 is 1.29 bits per heavy atom. The summed E-state index contributed by atoms with van der Waals surface area (Å²) in [5, 5.41) is 8.77. The highest BCUT2D eigenvalue weighted by Crippen LogP contribution is 2.27. The molecule has 0 fully saturated rings. The molecule has 1 aromatic heterocycles. The maximum Gasteiger partial charge on any atom is 0.243 e. The predicted molar refractivity (Wildman–Crippen MR) is 59.7 cm³/mol. The Morgan fingerprint density at radius 3 is 2.14 bits per heavy atom. The van der Waals surface area contributed by atoms with Crippen LogP contribution in [0.3, 0.4) is 0 Å². The van der Waals surface area contributed by atoms with E-state index in [4.69, 9.17) is 4.43 Å². The minimum Gasteiger partial charge on any atom is -0.538 e. The topological polar surface area (TPSA) is 39.9 Å². The first kappa shape index (κ1) is 11.2. The second-order valence-electron chi connectivity index (χ2n) is 4.72. The van der Waals surface area contributed by atoms with E-state index in [2.05, 4.69) is 44.8 Å². The van der Waals surface area contributed by atoms with Crippen molar-refractivity contribution in [1.82, 2.24) is 15.0 Å². The standard InChI is InChI=1S/C9H19N3OSi/c1-6(2)12-10-7(9(3,4)5)8(11-12)13-14/h6H,1-5,14H3. The summed E-state index contributed by atoms with van der Waals surface area (Å²) in [6, 6.07) is 0.279. The Morgan fingerprint density at radius 2 is 1.86 bits per heavy atom. The zero-order chi connectivity index (χ0) is 10.9. The van der Waals surface area contributed by atoms with Gasteiger partial charge in [-0.15, -0.1) is 5.10 Å². The predicted octanol–water partition coefficient (Wildman–Crippen LogP) is 0.816. The van der Waals surface area contributed by atoms with Crippen molar-refractivity contribution in [2.24, 2.45) is 0 Å². The lowest BCUT2D eigenvalue weighted by Gasteiger charge is -2.15. The van der Waals surface area contributed by atoms with Crippen molar-refractivity contribution >= 4 is 10.5 Å². The van der Waals surface area contributed by atoms with Gasteiger partial charge in [-0.05, 0) is 13.8 Å². The molecule has 0 saturated heterocycles. The highest BCUT2D eigenvalue weighted by atomic mass is 28.2. The van der Waals surface area contributed by atoms with Crippen LogP contribution in [0.5, 0.6) is 5.88 Å². The average molecular weight is 213 g/mol. The molecule has 0 radical (unpaired) electrons. The van der Waals surface area contributed by atoms with E-state index in [1.54, 1.807) is 4.80 Å². The van der Waals surface area contributed by atoms with Gasteiger partial charge in [-0.25, -0.2) is 0 Å². The van der Waals surface area contributed by atoms with E-state index >= 15 is 0 Å². The SMILES string of the molecule is CC(C)n1nc(O[SiH3])c(C(C)(C)C)n1. The molecule has 0 atom stereocenters. The summed E-state index contributed by atoms with van der Waals surface area (Å²) in [6.45, 7) is 10.5. The minimum atomic E-state index is -0.00706. The summed E-state index contributed by atoms with van der Waals surface area (Å²) in [5.41, 5.74) is 0.938. The van der Waals surface area contributed by atoms with Gasteiger partial charge in [0, 0.05) is 5.41 Å². The molecule has 0 amide bonds. The summed E-state index contributed by atoms with van der Waals surface area (Å²) >= 11 is 0. The van der Waals surface area contributed by atoms with E-state index in [9.17, 15) is 0 Å². The zero-order valence-corrected chi connectivity index (χ0v) is 11.8. The van der Waals surface area contributed by atoms with Crippen LogP contribution in [0.25, 0.3) is 0 Å². The van der Waals surface area contributed by atoms with E-state index in [-0.39, 0.29) is 11.5 Å². The van der Waals surface area contributed by atoms with E-state index in [0.717, 1.165) is 5.69 Å². The van der Waals surface area contributed by atoms with Crippen molar-refractivity contribution in [2.45, 2.75) is 46.1 Å². The maximum absolute atomic E-state index is 5.35. The molecule has 14 heavy (non-hydrogen) atoms. The number of hydrogen-bond donors (Lipinski definition) is 0. The summed E-state index contributed by atoms with van der Waals surface area (Å²) < 4.78 is 5.35. The molecule has 0 spiro atoms. The molecule has 0 saturated carbocycles. The van der Waals surface area contributed by atoms with E-state index in [1.807, 2.05) is 0 Å². The maximum atomic E-state index is 5.35. The molecular formula is C9H19N3OSi. The lowest BCUT2D eigenvalue weighted by molar-refractivity contribution is 0.445. The van der Waals surface area contributed by atoms with Gasteiger partial charge >= 0.3 is 0 Å². The summed E-state index contributed by atoms with van der Waals surface area (Å²) in [7, 11) is 0.652. The van der Waals surface area contributed by atoms with Gasteiger partial charge in [0.2, 0.25) is 16.4 Å². The molecule has 1 heterocycles. The first-order chi connectivity index (χ1) is 6.36. The van der Waals surface area contributed by atoms with Crippen LogP contribution in [0.2, 0.25) is 0 Å². The van der Waals surface area contributed by atoms with Gasteiger partial charge < -0.3 is 4.43 Å². The normalized spacial score (nSPS) is 12.4. The molecule has 0 aliphatic carbocycles. The van der Waals surface area contributed by atoms with Gasteiger partial charge in [-0.3, -0.25) is 0 Å². The third-order valence-corrected chi connectivity index (χ3v) is 2.35. The minimum absolute atomic E-state index is 0.00706. The average Bonchev–Trinajstić information content (AvgIpc) is 2.46. The van der Waals surface area contributed by atoms with Crippen LogP contribution in [0.15, 0.2) is 0 Å². The Kier molecular flexibility index (Phi) is 2.99. The first-order valence-corrected chi connectivity index (χ1v) is 5.69. The van der Waals surface area contributed by atoms with Gasteiger partial charge in [0.25, 0.3) is 0 Å². The van der Waals surface area contributed by atoms with Crippen LogP contribution < -0.4 is 4.43 Å². The summed E-state index contributed by atoms with van der Waals surface area (Å²) in [6.07, 6.45) is 0. The van der Waals surface area contributed by atoms with E-state index < -0.39 is 0 Å². The fourth-order valence-electron chi connectivity index (χ4n) is 1.15. The van der Waals surface area contributed by atoms with Gasteiger partial charge in [0.15, 0.2) is 0 Å². The van der Waals surface area contributed by atoms with Crippen LogP contribution in [-0.2, 0) is 5.41 Å². The lowest BCUT2D eigenvalue weighted by Crippen LogP contribution is -2.14. The Labute approximate surface area is 88.2 Å². The van der Waals surface area contributed by atoms with Crippen molar-refractivity contribution in [3.05, 3.63) is 5.69 Å². The second kappa shape index (κ2) is 3.72. The van der Waals surface area contributed by atoms with Crippen molar-refractivity contribution in [2.75, 3.05) is 0 Å². The van der Waals surface area contributed by atoms with Gasteiger partial charge in [0.05, 0.1) is 6.04 Å². The van der Waals surface area contributed by atoms with Crippen molar-refractivity contribution < 1.29 is 4.43 Å². The quantitative estimate of drug-likeness (QED) is 0.683. The van der Waals surface area contributed by atoms with Crippen LogP contribution in [0, 0.1) is 0 Å². The summed E-state index contributed by atoms with van der Waals surface area (Å²) in [4.78, 5) is 1.72. The molecule has 0 aromatic carbocycles. The van der Waals surface area contributed by atoms with Crippen LogP contribution >= 0.6 is 0 Å². The Balaban J connectivity index is 3.16. The van der Waals surface area contributed by atoms with Crippen LogP contribution in [0.1, 0.15) is 46.4 Å². The number of hydrogen-bond acceptors (Lipinski definition) is 3. The Bertz CT molecular complexity index is 314. The zero-order valence-electron chi connectivity index (χ0n) is 9.83. The molecule has 0 bridgehead atoms. The molecular weight excluding hydrogens is 194 g/mol. The third-order valence-electron chi connectivity index (χ3n) is 1.96. The highest BCUT2D eigenvalue weighted by Gasteiger charge is 2.24. The molecule has 0 aliphatic rings. The molecule has 1 rings (SSSR count). The molecule has 1 aromatic rings. The van der Waals surface area contributed by atoms with E-state index in [0.29, 0.717) is 16.4 Å². The van der Waals surface area contributed by atoms with Crippen LogP contribution in [-0.4, -0.2) is 25.5 Å². The van der Waals surface area contributed by atoms with Gasteiger partial charge in [-0.2, -0.15) is 9.90 Å². The van der Waals surface area contributed by atoms with Gasteiger partial charge in [-0.1, -0.05) is 20.8 Å². The fourth-order valence-corrected chi connectivity index (χ4v) is 1.42. The Hall–Kier alpha value is -0.843. The number of aromatic nitrogens is 3. The molecule has 5 heteroatoms. The van der Waals surface area contributed by atoms with Gasteiger partial charge in [0.1, 0.15) is 5.69 Å².